The van der Waals surface area contributed by atoms with Crippen LogP contribution in [0.4, 0.5) is 5.95 Å². The predicted octanol–water partition coefficient (Wildman–Crippen LogP) is 2.86. The second kappa shape index (κ2) is 7.17. The molecule has 0 unspecified atom stereocenters. The molecule has 2 aromatic heterocycles. The molecular formula is C19H17ClN4O2. The van der Waals surface area contributed by atoms with Gasteiger partial charge in [-0.3, -0.25) is 14.3 Å². The van der Waals surface area contributed by atoms with Crippen molar-refractivity contribution in [3.63, 3.8) is 0 Å². The van der Waals surface area contributed by atoms with Crippen LogP contribution in [0.2, 0.25) is 5.02 Å². The molecular weight excluding hydrogens is 352 g/mol. The van der Waals surface area contributed by atoms with Crippen molar-refractivity contribution in [3.8, 4) is 17.0 Å². The molecule has 0 fully saturated rings. The summed E-state index contributed by atoms with van der Waals surface area (Å²) in [5.41, 5.74) is 1.50. The Morgan fingerprint density at radius 2 is 1.85 bits per heavy atom. The van der Waals surface area contributed by atoms with Crippen molar-refractivity contribution in [2.24, 2.45) is 0 Å². The van der Waals surface area contributed by atoms with E-state index in [4.69, 9.17) is 21.3 Å². The van der Waals surface area contributed by atoms with Crippen LogP contribution in [0.3, 0.4) is 0 Å². The number of aromatic nitrogens is 3. The Bertz CT molecular complexity index is 958. The lowest BCUT2D eigenvalue weighted by atomic mass is 10.2. The smallest absolute Gasteiger partial charge is 0.255 e. The molecule has 0 radical (unpaired) electrons. The van der Waals surface area contributed by atoms with Crippen molar-refractivity contribution < 1.29 is 4.74 Å². The van der Waals surface area contributed by atoms with Crippen LogP contribution >= 0.6 is 11.6 Å². The Labute approximate surface area is 155 Å². The highest BCUT2D eigenvalue weighted by Crippen LogP contribution is 2.22. The minimum atomic E-state index is -0.0390. The van der Waals surface area contributed by atoms with E-state index in [0.29, 0.717) is 36.4 Å². The maximum absolute atomic E-state index is 12.4. The number of hydrogen-bond acceptors (Lipinski definition) is 5. The summed E-state index contributed by atoms with van der Waals surface area (Å²) in [4.78, 5) is 23.2. The van der Waals surface area contributed by atoms with E-state index < -0.39 is 0 Å². The fourth-order valence-corrected chi connectivity index (χ4v) is 3.08. The highest BCUT2D eigenvalue weighted by molar-refractivity contribution is 6.30. The van der Waals surface area contributed by atoms with Gasteiger partial charge in [-0.15, -0.1) is 0 Å². The van der Waals surface area contributed by atoms with Gasteiger partial charge in [0.25, 0.3) is 5.56 Å². The highest BCUT2D eigenvalue weighted by Gasteiger charge is 2.22. The minimum Gasteiger partial charge on any atom is -0.492 e. The molecule has 0 spiro atoms. The van der Waals surface area contributed by atoms with Crippen molar-refractivity contribution in [1.82, 2.24) is 14.5 Å². The van der Waals surface area contributed by atoms with E-state index >= 15 is 0 Å². The van der Waals surface area contributed by atoms with Crippen LogP contribution in [0.5, 0.6) is 5.75 Å². The van der Waals surface area contributed by atoms with Gasteiger partial charge in [-0.25, -0.2) is 4.98 Å². The van der Waals surface area contributed by atoms with Crippen molar-refractivity contribution in [3.05, 3.63) is 70.2 Å². The average Bonchev–Trinajstić information content (AvgIpc) is 3.08. The summed E-state index contributed by atoms with van der Waals surface area (Å²) in [6.45, 7) is 2.52. The molecule has 3 aromatic rings. The molecule has 3 heterocycles. The third-order valence-electron chi connectivity index (χ3n) is 4.28. The fourth-order valence-electron chi connectivity index (χ4n) is 2.95. The van der Waals surface area contributed by atoms with Crippen LogP contribution in [-0.4, -0.2) is 34.2 Å². The lowest BCUT2D eigenvalue weighted by Crippen LogP contribution is -2.27. The van der Waals surface area contributed by atoms with Crippen LogP contribution < -0.4 is 15.2 Å². The quantitative estimate of drug-likeness (QED) is 0.693. The van der Waals surface area contributed by atoms with E-state index in [1.807, 2.05) is 24.3 Å². The first kappa shape index (κ1) is 16.6. The molecule has 6 nitrogen and oxygen atoms in total. The van der Waals surface area contributed by atoms with E-state index in [0.717, 1.165) is 17.9 Å². The van der Waals surface area contributed by atoms with E-state index in [9.17, 15) is 4.79 Å². The lowest BCUT2D eigenvalue weighted by Gasteiger charge is -2.18. The number of fused-ring (bicyclic) bond motifs is 1. The molecule has 4 rings (SSSR count). The molecule has 1 aliphatic heterocycles. The van der Waals surface area contributed by atoms with Gasteiger partial charge in [0.15, 0.2) is 0 Å². The van der Waals surface area contributed by atoms with Crippen molar-refractivity contribution >= 4 is 17.5 Å². The van der Waals surface area contributed by atoms with Gasteiger partial charge in [-0.05, 0) is 36.4 Å². The summed E-state index contributed by atoms with van der Waals surface area (Å²) < 4.78 is 7.46. The molecule has 0 aliphatic carbocycles. The summed E-state index contributed by atoms with van der Waals surface area (Å²) in [5.74, 6) is 1.45. The van der Waals surface area contributed by atoms with Crippen LogP contribution in [0.15, 0.2) is 59.7 Å². The molecule has 132 valence electrons. The van der Waals surface area contributed by atoms with Crippen LogP contribution in [-0.2, 0) is 6.54 Å². The topological polar surface area (TPSA) is 60.2 Å². The van der Waals surface area contributed by atoms with Crippen molar-refractivity contribution in [2.45, 2.75) is 6.54 Å². The first-order valence-corrected chi connectivity index (χ1v) is 8.74. The number of ether oxygens (including phenoxy) is 1. The standard InChI is InChI=1S/C19H17ClN4O2/c20-15-1-3-16(4-2-15)26-12-11-23-9-10-24-18(25)13-17(22-19(23)24)14-5-7-21-8-6-14/h1-8,13H,9-12H2. The van der Waals surface area contributed by atoms with Gasteiger partial charge in [-0.2, -0.15) is 0 Å². The zero-order chi connectivity index (χ0) is 17.9. The van der Waals surface area contributed by atoms with Gasteiger partial charge in [0.1, 0.15) is 12.4 Å². The molecule has 7 heteroatoms. The van der Waals surface area contributed by atoms with E-state index in [1.165, 1.54) is 0 Å². The predicted molar refractivity (Wildman–Crippen MR) is 101 cm³/mol. The van der Waals surface area contributed by atoms with Gasteiger partial charge in [0.2, 0.25) is 5.95 Å². The normalized spacial score (nSPS) is 12.9. The Kier molecular flexibility index (Phi) is 4.58. The van der Waals surface area contributed by atoms with Gasteiger partial charge in [0, 0.05) is 42.1 Å². The van der Waals surface area contributed by atoms with Crippen LogP contribution in [0.25, 0.3) is 11.3 Å². The Balaban J connectivity index is 1.50. The van der Waals surface area contributed by atoms with Gasteiger partial charge in [0.05, 0.1) is 12.2 Å². The van der Waals surface area contributed by atoms with E-state index in [-0.39, 0.29) is 5.56 Å². The van der Waals surface area contributed by atoms with Crippen molar-refractivity contribution in [2.75, 3.05) is 24.6 Å². The summed E-state index contributed by atoms with van der Waals surface area (Å²) in [5, 5.41) is 0.679. The fraction of sp³-hybridized carbons (Fsp3) is 0.211. The zero-order valence-corrected chi connectivity index (χ0v) is 14.8. The number of hydrogen-bond donors (Lipinski definition) is 0. The van der Waals surface area contributed by atoms with E-state index in [2.05, 4.69) is 9.88 Å². The first-order chi connectivity index (χ1) is 12.7. The minimum absolute atomic E-state index is 0.0390. The highest BCUT2D eigenvalue weighted by atomic mass is 35.5. The van der Waals surface area contributed by atoms with Crippen molar-refractivity contribution in [1.29, 1.82) is 0 Å². The third-order valence-corrected chi connectivity index (χ3v) is 4.54. The molecule has 1 aliphatic rings. The summed E-state index contributed by atoms with van der Waals surface area (Å²) in [7, 11) is 0. The zero-order valence-electron chi connectivity index (χ0n) is 14.0. The second-order valence-corrected chi connectivity index (χ2v) is 6.39. The largest absolute Gasteiger partial charge is 0.492 e. The third kappa shape index (κ3) is 3.41. The number of rotatable bonds is 5. The molecule has 0 N–H and O–H groups in total. The Hall–Kier alpha value is -2.86. The lowest BCUT2D eigenvalue weighted by molar-refractivity contribution is 0.324. The maximum atomic E-state index is 12.4. The number of halogens is 1. The molecule has 0 saturated heterocycles. The molecule has 0 amide bonds. The van der Waals surface area contributed by atoms with Gasteiger partial charge >= 0.3 is 0 Å². The molecule has 0 bridgehead atoms. The number of pyridine rings is 1. The summed E-state index contributed by atoms with van der Waals surface area (Å²) >= 11 is 5.88. The molecule has 0 atom stereocenters. The molecule has 26 heavy (non-hydrogen) atoms. The van der Waals surface area contributed by atoms with Gasteiger partial charge < -0.3 is 9.64 Å². The summed E-state index contributed by atoms with van der Waals surface area (Å²) in [6, 6.07) is 12.5. The van der Waals surface area contributed by atoms with Crippen LogP contribution in [0.1, 0.15) is 0 Å². The molecule has 0 saturated carbocycles. The maximum Gasteiger partial charge on any atom is 0.255 e. The monoisotopic (exact) mass is 368 g/mol. The number of benzene rings is 1. The average molecular weight is 369 g/mol. The Morgan fingerprint density at radius 1 is 1.08 bits per heavy atom. The summed E-state index contributed by atoms with van der Waals surface area (Å²) in [6.07, 6.45) is 3.39. The van der Waals surface area contributed by atoms with E-state index in [1.54, 1.807) is 35.2 Å². The van der Waals surface area contributed by atoms with Gasteiger partial charge in [-0.1, -0.05) is 11.6 Å². The SMILES string of the molecule is O=c1cc(-c2ccncc2)nc2n1CCN2CCOc1ccc(Cl)cc1. The second-order valence-electron chi connectivity index (χ2n) is 5.96. The number of nitrogens with zero attached hydrogens (tertiary/aromatic N) is 4. The molecule has 1 aromatic carbocycles. The number of anilines is 1. The first-order valence-electron chi connectivity index (χ1n) is 8.36. The van der Waals surface area contributed by atoms with Crippen LogP contribution in [0, 0.1) is 0 Å². The Morgan fingerprint density at radius 3 is 2.62 bits per heavy atom.